The molecule has 3 aromatic rings. The third-order valence-electron chi connectivity index (χ3n) is 5.40. The molecule has 1 unspecified atom stereocenters. The van der Waals surface area contributed by atoms with Crippen molar-refractivity contribution in [2.24, 2.45) is 0 Å². The molecule has 0 spiro atoms. The number of hydrogen-bond donors (Lipinski definition) is 2. The van der Waals surface area contributed by atoms with E-state index in [1.807, 2.05) is 47.3 Å². The number of halogens is 1. The summed E-state index contributed by atoms with van der Waals surface area (Å²) in [7, 11) is 0. The van der Waals surface area contributed by atoms with Crippen LogP contribution in [-0.2, 0) is 12.8 Å². The second-order valence-corrected chi connectivity index (χ2v) is 11.2. The summed E-state index contributed by atoms with van der Waals surface area (Å²) >= 11 is 10.0. The van der Waals surface area contributed by atoms with Crippen LogP contribution in [0.5, 0.6) is 0 Å². The lowest BCUT2D eigenvalue weighted by atomic mass is 10.0. The molecule has 36 heavy (non-hydrogen) atoms. The molecule has 6 nitrogen and oxygen atoms in total. The zero-order chi connectivity index (χ0) is 25.5. The van der Waals surface area contributed by atoms with Crippen LogP contribution in [0.1, 0.15) is 37.7 Å². The standard InChI is InChI=1S/C26H23ClN2O4S3/c27-22-16-24(25(31)32)36-23(22)7-10-29-26(33)35-13-11-28(29)9-6-21(30)15-20-3-1-2-18(14-20)4-5-19-8-12-34-17-19/h1-3,8,11-14,16-17,21,30H,6-7,9-10,15H2,(H,31,32). The van der Waals surface area contributed by atoms with E-state index in [-0.39, 0.29) is 10.1 Å². The number of amides is 1. The van der Waals surface area contributed by atoms with E-state index in [0.717, 1.165) is 44.7 Å². The Morgan fingerprint density at radius 3 is 2.72 bits per heavy atom. The van der Waals surface area contributed by atoms with Crippen LogP contribution >= 0.6 is 46.0 Å². The number of thiophene rings is 2. The van der Waals surface area contributed by atoms with Crippen molar-refractivity contribution < 1.29 is 19.8 Å². The van der Waals surface area contributed by atoms with Crippen LogP contribution in [0.2, 0.25) is 5.02 Å². The molecule has 2 aromatic heterocycles. The van der Waals surface area contributed by atoms with E-state index in [2.05, 4.69) is 11.8 Å². The number of nitrogens with zero attached hydrogens (tertiary/aromatic N) is 2. The van der Waals surface area contributed by atoms with Crippen molar-refractivity contribution in [3.05, 3.63) is 90.2 Å². The van der Waals surface area contributed by atoms with Crippen molar-refractivity contribution in [2.75, 3.05) is 13.1 Å². The van der Waals surface area contributed by atoms with Gasteiger partial charge in [0, 0.05) is 47.1 Å². The van der Waals surface area contributed by atoms with Crippen molar-refractivity contribution in [3.63, 3.8) is 0 Å². The fourth-order valence-electron chi connectivity index (χ4n) is 3.62. The lowest BCUT2D eigenvalue weighted by Crippen LogP contribution is -2.45. The molecular weight excluding hydrogens is 536 g/mol. The molecule has 1 atom stereocenters. The number of benzene rings is 1. The zero-order valence-electron chi connectivity index (χ0n) is 19.1. The molecule has 1 aromatic carbocycles. The van der Waals surface area contributed by atoms with Gasteiger partial charge in [-0.25, -0.2) is 9.80 Å². The molecule has 0 fully saturated rings. The summed E-state index contributed by atoms with van der Waals surface area (Å²) in [5.74, 6) is 5.29. The highest BCUT2D eigenvalue weighted by Gasteiger charge is 2.24. The van der Waals surface area contributed by atoms with Crippen molar-refractivity contribution in [1.82, 2.24) is 10.0 Å². The molecule has 1 aliphatic heterocycles. The number of carboxylic acid groups (broad SMARTS) is 1. The molecule has 10 heteroatoms. The van der Waals surface area contributed by atoms with Gasteiger partial charge in [0.2, 0.25) is 0 Å². The van der Waals surface area contributed by atoms with Crippen molar-refractivity contribution in [1.29, 1.82) is 0 Å². The number of carbonyl (C=O) groups is 2. The molecule has 0 saturated heterocycles. The molecule has 1 amide bonds. The highest BCUT2D eigenvalue weighted by molar-refractivity contribution is 8.16. The molecule has 186 valence electrons. The lowest BCUT2D eigenvalue weighted by Gasteiger charge is -2.36. The predicted octanol–water partition coefficient (Wildman–Crippen LogP) is 5.95. The Hall–Kier alpha value is -2.74. The second-order valence-electron chi connectivity index (χ2n) is 8.00. The molecule has 4 rings (SSSR count). The largest absolute Gasteiger partial charge is 0.477 e. The summed E-state index contributed by atoms with van der Waals surface area (Å²) in [4.78, 5) is 24.6. The third-order valence-corrected chi connectivity index (χ3v) is 8.39. The van der Waals surface area contributed by atoms with Gasteiger partial charge in [-0.1, -0.05) is 35.6 Å². The molecule has 0 bridgehead atoms. The van der Waals surface area contributed by atoms with Gasteiger partial charge in [-0.05, 0) is 65.2 Å². The maximum atomic E-state index is 12.5. The summed E-state index contributed by atoms with van der Waals surface area (Å²) in [6, 6.07) is 11.3. The third kappa shape index (κ3) is 7.15. The first-order valence-corrected chi connectivity index (χ1v) is 14.1. The number of thioether (sulfide) groups is 1. The molecule has 1 aliphatic rings. The molecular formula is C26H23ClN2O4S3. The molecule has 3 heterocycles. The Morgan fingerprint density at radius 1 is 1.14 bits per heavy atom. The maximum absolute atomic E-state index is 12.5. The monoisotopic (exact) mass is 558 g/mol. The van der Waals surface area contributed by atoms with Gasteiger partial charge in [0.25, 0.3) is 0 Å². The Bertz CT molecular complexity index is 1310. The predicted molar refractivity (Wildman–Crippen MR) is 147 cm³/mol. The minimum Gasteiger partial charge on any atom is -0.477 e. The van der Waals surface area contributed by atoms with Gasteiger partial charge in [-0.2, -0.15) is 11.3 Å². The van der Waals surface area contributed by atoms with Gasteiger partial charge >= 0.3 is 11.2 Å². The SMILES string of the molecule is O=C(O)c1cc(Cl)c(CCN2C(=O)SC=CN2CCC(O)Cc2cccc(C#Cc3ccsc3)c2)s1. The normalized spacial score (nSPS) is 14.0. The average molecular weight is 559 g/mol. The fraction of sp³-hybridized carbons (Fsp3) is 0.231. The number of carboxylic acids is 1. The molecule has 0 saturated carbocycles. The van der Waals surface area contributed by atoms with Crippen molar-refractivity contribution in [3.8, 4) is 11.8 Å². The Kier molecular flexibility index (Phi) is 9.13. The Balaban J connectivity index is 1.32. The number of hydrogen-bond acceptors (Lipinski definition) is 7. The maximum Gasteiger partial charge on any atom is 0.345 e. The van der Waals surface area contributed by atoms with E-state index in [9.17, 15) is 14.7 Å². The number of carbonyl (C=O) groups excluding carboxylic acids is 1. The average Bonchev–Trinajstić information content (AvgIpc) is 3.51. The van der Waals surface area contributed by atoms with Crippen LogP contribution in [0.15, 0.2) is 58.8 Å². The zero-order valence-corrected chi connectivity index (χ0v) is 22.3. The van der Waals surface area contributed by atoms with E-state index >= 15 is 0 Å². The topological polar surface area (TPSA) is 81.1 Å². The van der Waals surface area contributed by atoms with Crippen LogP contribution in [-0.4, -0.2) is 50.6 Å². The van der Waals surface area contributed by atoms with Gasteiger partial charge in [0.05, 0.1) is 11.1 Å². The molecule has 2 N–H and O–H groups in total. The minimum absolute atomic E-state index is 0.130. The number of aliphatic hydroxyl groups excluding tert-OH is 1. The summed E-state index contributed by atoms with van der Waals surface area (Å²) in [5.41, 5.74) is 2.89. The van der Waals surface area contributed by atoms with Crippen LogP contribution in [0.25, 0.3) is 0 Å². The summed E-state index contributed by atoms with van der Waals surface area (Å²) in [5, 5.41) is 29.3. The van der Waals surface area contributed by atoms with Crippen LogP contribution in [0.3, 0.4) is 0 Å². The van der Waals surface area contributed by atoms with Crippen LogP contribution in [0, 0.1) is 11.8 Å². The first-order chi connectivity index (χ1) is 17.4. The van der Waals surface area contributed by atoms with Crippen LogP contribution < -0.4 is 0 Å². The van der Waals surface area contributed by atoms with Crippen LogP contribution in [0.4, 0.5) is 4.79 Å². The van der Waals surface area contributed by atoms with E-state index in [0.29, 0.717) is 37.4 Å². The lowest BCUT2D eigenvalue weighted by molar-refractivity contribution is 0.0548. The second kappa shape index (κ2) is 12.5. The van der Waals surface area contributed by atoms with Gasteiger partial charge < -0.3 is 10.2 Å². The fourth-order valence-corrected chi connectivity index (χ4v) is 6.11. The van der Waals surface area contributed by atoms with Crippen molar-refractivity contribution >= 4 is 57.2 Å². The summed E-state index contributed by atoms with van der Waals surface area (Å²) in [6.45, 7) is 0.816. The van der Waals surface area contributed by atoms with E-state index in [1.165, 1.54) is 6.07 Å². The van der Waals surface area contributed by atoms with Gasteiger partial charge in [0.15, 0.2) is 0 Å². The molecule has 0 aliphatic carbocycles. The number of aromatic carboxylic acids is 1. The quantitative estimate of drug-likeness (QED) is 0.316. The van der Waals surface area contributed by atoms with Gasteiger partial charge in [-0.15, -0.1) is 11.3 Å². The van der Waals surface area contributed by atoms with E-state index in [1.54, 1.807) is 26.8 Å². The molecule has 0 radical (unpaired) electrons. The highest BCUT2D eigenvalue weighted by Crippen LogP contribution is 2.29. The van der Waals surface area contributed by atoms with Crippen molar-refractivity contribution in [2.45, 2.75) is 25.4 Å². The summed E-state index contributed by atoms with van der Waals surface area (Å²) < 4.78 is 0. The van der Waals surface area contributed by atoms with E-state index in [4.69, 9.17) is 16.7 Å². The number of aliphatic hydroxyl groups is 1. The van der Waals surface area contributed by atoms with E-state index < -0.39 is 12.1 Å². The first-order valence-electron chi connectivity index (χ1n) is 11.1. The van der Waals surface area contributed by atoms with Gasteiger partial charge in [-0.3, -0.25) is 9.80 Å². The Morgan fingerprint density at radius 2 is 1.97 bits per heavy atom. The number of rotatable bonds is 9. The highest BCUT2D eigenvalue weighted by atomic mass is 35.5. The number of hydrazine groups is 1. The first kappa shape index (κ1) is 26.3. The minimum atomic E-state index is -1.02. The Labute approximate surface area is 226 Å². The smallest absolute Gasteiger partial charge is 0.345 e. The van der Waals surface area contributed by atoms with Gasteiger partial charge in [0.1, 0.15) is 4.88 Å². The summed E-state index contributed by atoms with van der Waals surface area (Å²) in [6.07, 6.45) is 2.62.